The van der Waals surface area contributed by atoms with Crippen molar-refractivity contribution in [1.82, 2.24) is 5.32 Å². The number of quaternary nitrogens is 1. The van der Waals surface area contributed by atoms with Crippen LogP contribution in [0.5, 0.6) is 0 Å². The second-order valence-corrected chi connectivity index (χ2v) is 7.57. The molecule has 1 saturated heterocycles. The van der Waals surface area contributed by atoms with Crippen LogP contribution in [0.4, 0.5) is 10.5 Å². The largest absolute Gasteiger partial charge is 0.370 e. The van der Waals surface area contributed by atoms with Crippen molar-refractivity contribution in [3.05, 3.63) is 51.7 Å². The predicted octanol–water partition coefficient (Wildman–Crippen LogP) is 2.57. The quantitative estimate of drug-likeness (QED) is 0.746. The van der Waals surface area contributed by atoms with Gasteiger partial charge >= 0.3 is 6.03 Å². The summed E-state index contributed by atoms with van der Waals surface area (Å²) in [7, 11) is 0. The van der Waals surface area contributed by atoms with E-state index in [1.165, 1.54) is 9.78 Å². The van der Waals surface area contributed by atoms with Gasteiger partial charge in [-0.05, 0) is 42.6 Å². The minimum absolute atomic E-state index is 0.000879. The van der Waals surface area contributed by atoms with E-state index in [0.29, 0.717) is 5.02 Å². The van der Waals surface area contributed by atoms with Gasteiger partial charge in [0.05, 0.1) is 24.1 Å². The Kier molecular flexibility index (Phi) is 6.31. The van der Waals surface area contributed by atoms with Crippen molar-refractivity contribution in [3.8, 4) is 0 Å². The summed E-state index contributed by atoms with van der Waals surface area (Å²) in [5, 5.41) is 8.69. The van der Waals surface area contributed by atoms with Gasteiger partial charge in [-0.25, -0.2) is 4.79 Å². The second kappa shape index (κ2) is 8.67. The Labute approximate surface area is 156 Å². The third-order valence-corrected chi connectivity index (χ3v) is 5.59. The molecule has 1 fully saturated rings. The number of amides is 2. The maximum Gasteiger partial charge on any atom is 0.319 e. The Morgan fingerprint density at radius 1 is 1.24 bits per heavy atom. The number of carbonyl (C=O) groups excluding carboxylic acids is 1. The molecule has 5 nitrogen and oxygen atoms in total. The minimum atomic E-state index is -0.205. The average Bonchev–Trinajstić information content (AvgIpc) is 3.12. The highest BCUT2D eigenvalue weighted by molar-refractivity contribution is 7.10. The van der Waals surface area contributed by atoms with Gasteiger partial charge in [0.1, 0.15) is 19.1 Å². The number of morpholine rings is 1. The van der Waals surface area contributed by atoms with E-state index >= 15 is 0 Å². The van der Waals surface area contributed by atoms with Crippen LogP contribution in [0, 0.1) is 0 Å². The first kappa shape index (κ1) is 18.2. The van der Waals surface area contributed by atoms with Crippen molar-refractivity contribution < 1.29 is 14.4 Å². The van der Waals surface area contributed by atoms with E-state index in [2.05, 4.69) is 35.1 Å². The number of urea groups is 1. The van der Waals surface area contributed by atoms with Gasteiger partial charge in [0.15, 0.2) is 0 Å². The third kappa shape index (κ3) is 4.95. The fourth-order valence-electron chi connectivity index (χ4n) is 3.20. The zero-order valence-corrected chi connectivity index (χ0v) is 15.7. The van der Waals surface area contributed by atoms with Gasteiger partial charge in [0, 0.05) is 10.7 Å². The molecule has 1 aromatic heterocycles. The standard InChI is InChI=1S/C18H22ClN3O2S/c1-13(20-18(23)21-15-6-4-14(19)5-7-15)17(16-3-2-12-25-16)22-8-10-24-11-9-22/h2-7,12-13,17H,8-11H2,1H3,(H2,20,21,23)/p+1/t13-,17-/m0/s1. The molecule has 2 atom stereocenters. The number of ether oxygens (including phenoxy) is 1. The summed E-state index contributed by atoms with van der Waals surface area (Å²) in [5.41, 5.74) is 0.723. The van der Waals surface area contributed by atoms with Crippen molar-refractivity contribution in [3.63, 3.8) is 0 Å². The Bertz CT molecular complexity index is 672. The lowest BCUT2D eigenvalue weighted by Crippen LogP contribution is -3.15. The Hall–Kier alpha value is -1.60. The summed E-state index contributed by atoms with van der Waals surface area (Å²) in [4.78, 5) is 15.1. The van der Waals surface area contributed by atoms with Crippen LogP contribution >= 0.6 is 22.9 Å². The molecule has 0 unspecified atom stereocenters. The van der Waals surface area contributed by atoms with E-state index in [0.717, 1.165) is 32.0 Å². The van der Waals surface area contributed by atoms with Crippen LogP contribution in [0.25, 0.3) is 0 Å². The van der Waals surface area contributed by atoms with Gasteiger partial charge in [-0.1, -0.05) is 17.7 Å². The van der Waals surface area contributed by atoms with E-state index in [9.17, 15) is 4.79 Å². The molecule has 1 aromatic carbocycles. The lowest BCUT2D eigenvalue weighted by Gasteiger charge is -2.34. The number of nitrogens with one attached hydrogen (secondary N) is 3. The lowest BCUT2D eigenvalue weighted by molar-refractivity contribution is -0.939. The van der Waals surface area contributed by atoms with Crippen LogP contribution in [-0.4, -0.2) is 38.4 Å². The summed E-state index contributed by atoms with van der Waals surface area (Å²) in [6.07, 6.45) is 0. The Balaban J connectivity index is 1.66. The highest BCUT2D eigenvalue weighted by Crippen LogP contribution is 2.20. The number of carbonyl (C=O) groups is 1. The number of hydrogen-bond acceptors (Lipinski definition) is 3. The summed E-state index contributed by atoms with van der Waals surface area (Å²) < 4.78 is 5.49. The average molecular weight is 381 g/mol. The van der Waals surface area contributed by atoms with Gasteiger partial charge in [-0.3, -0.25) is 0 Å². The number of halogens is 1. The zero-order chi connectivity index (χ0) is 17.6. The summed E-state index contributed by atoms with van der Waals surface area (Å²) >= 11 is 7.61. The summed E-state index contributed by atoms with van der Waals surface area (Å²) in [6.45, 7) is 5.50. The van der Waals surface area contributed by atoms with Crippen molar-refractivity contribution in [2.24, 2.45) is 0 Å². The molecule has 3 N–H and O–H groups in total. The Morgan fingerprint density at radius 2 is 1.96 bits per heavy atom. The van der Waals surface area contributed by atoms with Gasteiger partial charge in [0.25, 0.3) is 0 Å². The monoisotopic (exact) mass is 380 g/mol. The van der Waals surface area contributed by atoms with E-state index in [1.54, 1.807) is 35.6 Å². The fourth-order valence-corrected chi connectivity index (χ4v) is 4.32. The summed E-state index contributed by atoms with van der Waals surface area (Å²) in [5.74, 6) is 0. The van der Waals surface area contributed by atoms with Crippen molar-refractivity contribution in [1.29, 1.82) is 0 Å². The molecule has 7 heteroatoms. The molecule has 2 heterocycles. The number of hydrogen-bond donors (Lipinski definition) is 3. The van der Waals surface area contributed by atoms with Crippen molar-refractivity contribution >= 4 is 34.7 Å². The van der Waals surface area contributed by atoms with Gasteiger partial charge in [-0.2, -0.15) is 0 Å². The molecular weight excluding hydrogens is 358 g/mol. The fraction of sp³-hybridized carbons (Fsp3) is 0.389. The van der Waals surface area contributed by atoms with Gasteiger partial charge in [0.2, 0.25) is 0 Å². The molecule has 25 heavy (non-hydrogen) atoms. The molecule has 3 rings (SSSR count). The first-order valence-corrected chi connectivity index (χ1v) is 9.68. The summed E-state index contributed by atoms with van der Waals surface area (Å²) in [6, 6.07) is 11.3. The topological polar surface area (TPSA) is 54.8 Å². The number of thiophene rings is 1. The molecule has 1 aliphatic heterocycles. The molecule has 2 aromatic rings. The van der Waals surface area contributed by atoms with Gasteiger partial charge in [-0.15, -0.1) is 11.3 Å². The number of benzene rings is 1. The van der Waals surface area contributed by atoms with E-state index in [1.807, 2.05) is 0 Å². The van der Waals surface area contributed by atoms with Crippen LogP contribution in [0.3, 0.4) is 0 Å². The van der Waals surface area contributed by atoms with E-state index in [4.69, 9.17) is 16.3 Å². The van der Waals surface area contributed by atoms with Crippen LogP contribution in [0.15, 0.2) is 41.8 Å². The molecule has 0 spiro atoms. The molecule has 0 aliphatic carbocycles. The number of anilines is 1. The first-order valence-electron chi connectivity index (χ1n) is 8.42. The smallest absolute Gasteiger partial charge is 0.319 e. The van der Waals surface area contributed by atoms with E-state index < -0.39 is 0 Å². The highest BCUT2D eigenvalue weighted by Gasteiger charge is 2.33. The third-order valence-electron chi connectivity index (χ3n) is 4.39. The van der Waals surface area contributed by atoms with Crippen LogP contribution in [0.1, 0.15) is 17.8 Å². The minimum Gasteiger partial charge on any atom is -0.370 e. The van der Waals surface area contributed by atoms with Crippen molar-refractivity contribution in [2.75, 3.05) is 31.6 Å². The normalized spacial score (nSPS) is 17.7. The first-order chi connectivity index (χ1) is 12.1. The molecule has 134 valence electrons. The Morgan fingerprint density at radius 3 is 2.60 bits per heavy atom. The maximum atomic E-state index is 12.4. The van der Waals surface area contributed by atoms with Crippen LogP contribution in [-0.2, 0) is 4.74 Å². The number of rotatable bonds is 5. The van der Waals surface area contributed by atoms with E-state index in [-0.39, 0.29) is 18.1 Å². The lowest BCUT2D eigenvalue weighted by atomic mass is 10.1. The van der Waals surface area contributed by atoms with Crippen molar-refractivity contribution in [2.45, 2.75) is 19.0 Å². The van der Waals surface area contributed by atoms with Crippen LogP contribution < -0.4 is 15.5 Å². The molecule has 2 amide bonds. The molecule has 1 aliphatic rings. The highest BCUT2D eigenvalue weighted by atomic mass is 35.5. The van der Waals surface area contributed by atoms with Gasteiger partial charge < -0.3 is 20.3 Å². The predicted molar refractivity (Wildman–Crippen MR) is 102 cm³/mol. The molecule has 0 saturated carbocycles. The second-order valence-electron chi connectivity index (χ2n) is 6.16. The van der Waals surface area contributed by atoms with Crippen LogP contribution in [0.2, 0.25) is 5.02 Å². The maximum absolute atomic E-state index is 12.4. The molecule has 0 bridgehead atoms. The zero-order valence-electron chi connectivity index (χ0n) is 14.1. The molecular formula is C18H23ClN3O2S+. The SMILES string of the molecule is C[C@H](NC(=O)Nc1ccc(Cl)cc1)[C@@H](c1cccs1)[NH+]1CCOCC1. The molecule has 0 radical (unpaired) electrons.